The highest BCUT2D eigenvalue weighted by Crippen LogP contribution is 2.31. The largest absolute Gasteiger partial charge is 0.378 e. The molecule has 0 aliphatic carbocycles. The summed E-state index contributed by atoms with van der Waals surface area (Å²) in [4.78, 5) is 23.2. The summed E-state index contributed by atoms with van der Waals surface area (Å²) in [5.74, 6) is 1.26. The molecule has 31 heavy (non-hydrogen) atoms. The number of ether oxygens (including phenoxy) is 1. The number of carbonyl (C=O) groups excluding carboxylic acids is 1. The van der Waals surface area contributed by atoms with E-state index >= 15 is 0 Å². The van der Waals surface area contributed by atoms with Gasteiger partial charge in [-0.2, -0.15) is 0 Å². The predicted molar refractivity (Wildman–Crippen MR) is 117 cm³/mol. The molecular formula is C23H27N5O3. The number of nitrogens with one attached hydrogen (secondary N) is 1. The van der Waals surface area contributed by atoms with Crippen molar-refractivity contribution in [2.45, 2.75) is 38.8 Å². The van der Waals surface area contributed by atoms with Gasteiger partial charge >= 0.3 is 0 Å². The molecule has 2 aromatic heterocycles. The molecule has 0 spiro atoms. The van der Waals surface area contributed by atoms with Gasteiger partial charge in [-0.3, -0.25) is 4.79 Å². The Morgan fingerprint density at radius 2 is 2.06 bits per heavy atom. The van der Waals surface area contributed by atoms with E-state index in [1.807, 2.05) is 56.3 Å². The standard InChI is InChI=1S/C23H27N5O3/c1-15-11-20(31-27-15)19-14-25-23(28(2)3)26-22(19)17-8-6-16(7-9-17)13-24-21(29)12-18-5-4-10-30-18/h6-9,11,14,18H,4-5,10,12-13H2,1-3H3,(H,24,29). The molecule has 4 rings (SSSR count). The van der Waals surface area contributed by atoms with E-state index in [4.69, 9.17) is 14.2 Å². The maximum atomic E-state index is 12.1. The Labute approximate surface area is 181 Å². The average Bonchev–Trinajstić information content (AvgIpc) is 3.44. The van der Waals surface area contributed by atoms with Crippen LogP contribution in [0.25, 0.3) is 22.6 Å². The second-order valence-corrected chi connectivity index (χ2v) is 7.97. The lowest BCUT2D eigenvalue weighted by atomic mass is 10.0. The highest BCUT2D eigenvalue weighted by Gasteiger charge is 2.19. The van der Waals surface area contributed by atoms with Gasteiger partial charge < -0.3 is 19.5 Å². The number of aryl methyl sites for hydroxylation is 1. The first-order valence-corrected chi connectivity index (χ1v) is 10.5. The van der Waals surface area contributed by atoms with Crippen LogP contribution in [0.15, 0.2) is 41.1 Å². The topological polar surface area (TPSA) is 93.4 Å². The van der Waals surface area contributed by atoms with Crippen molar-refractivity contribution in [2.24, 2.45) is 0 Å². The highest BCUT2D eigenvalue weighted by molar-refractivity contribution is 5.79. The Bertz CT molecular complexity index is 1040. The van der Waals surface area contributed by atoms with Crippen LogP contribution in [0.4, 0.5) is 5.95 Å². The number of hydrogen-bond acceptors (Lipinski definition) is 7. The number of aromatic nitrogens is 3. The zero-order valence-electron chi connectivity index (χ0n) is 18.1. The molecule has 1 fully saturated rings. The summed E-state index contributed by atoms with van der Waals surface area (Å²) < 4.78 is 11.0. The van der Waals surface area contributed by atoms with Crippen LogP contribution in [0.1, 0.15) is 30.5 Å². The molecule has 1 unspecified atom stereocenters. The Balaban J connectivity index is 1.51. The first-order chi connectivity index (χ1) is 15.0. The van der Waals surface area contributed by atoms with Crippen LogP contribution in [0.3, 0.4) is 0 Å². The van der Waals surface area contributed by atoms with E-state index in [1.54, 1.807) is 6.20 Å². The van der Waals surface area contributed by atoms with Gasteiger partial charge in [0.05, 0.1) is 29.5 Å². The van der Waals surface area contributed by atoms with Crippen molar-refractivity contribution in [1.29, 1.82) is 0 Å². The van der Waals surface area contributed by atoms with Crippen LogP contribution >= 0.6 is 0 Å². The van der Waals surface area contributed by atoms with E-state index < -0.39 is 0 Å². The maximum absolute atomic E-state index is 12.1. The van der Waals surface area contributed by atoms with Crippen LogP contribution in [-0.2, 0) is 16.1 Å². The third-order valence-electron chi connectivity index (χ3n) is 5.22. The summed E-state index contributed by atoms with van der Waals surface area (Å²) in [6.07, 6.45) is 4.24. The molecule has 1 N–H and O–H groups in total. The second kappa shape index (κ2) is 9.26. The van der Waals surface area contributed by atoms with Gasteiger partial charge in [0, 0.05) is 45.1 Å². The molecule has 0 saturated carbocycles. The zero-order chi connectivity index (χ0) is 21.8. The van der Waals surface area contributed by atoms with Crippen LogP contribution in [-0.4, -0.2) is 47.8 Å². The van der Waals surface area contributed by atoms with Gasteiger partial charge in [-0.15, -0.1) is 0 Å². The quantitative estimate of drug-likeness (QED) is 0.625. The number of rotatable bonds is 7. The summed E-state index contributed by atoms with van der Waals surface area (Å²) in [7, 11) is 3.81. The highest BCUT2D eigenvalue weighted by atomic mass is 16.5. The molecule has 1 aliphatic heterocycles. The fourth-order valence-electron chi connectivity index (χ4n) is 3.54. The lowest BCUT2D eigenvalue weighted by molar-refractivity contribution is -0.123. The predicted octanol–water partition coefficient (Wildman–Crippen LogP) is 3.36. The number of carbonyl (C=O) groups is 1. The zero-order valence-corrected chi connectivity index (χ0v) is 18.1. The molecule has 0 radical (unpaired) electrons. The van der Waals surface area contributed by atoms with Gasteiger partial charge in [-0.1, -0.05) is 29.4 Å². The number of anilines is 1. The van der Waals surface area contributed by atoms with Crippen molar-refractivity contribution in [3.05, 3.63) is 47.8 Å². The summed E-state index contributed by atoms with van der Waals surface area (Å²) in [6.45, 7) is 3.12. The Morgan fingerprint density at radius 3 is 2.71 bits per heavy atom. The number of amides is 1. The average molecular weight is 422 g/mol. The van der Waals surface area contributed by atoms with Gasteiger partial charge in [0.25, 0.3) is 0 Å². The molecule has 8 heteroatoms. The monoisotopic (exact) mass is 421 g/mol. The fourth-order valence-corrected chi connectivity index (χ4v) is 3.54. The van der Waals surface area contributed by atoms with Crippen molar-refractivity contribution in [1.82, 2.24) is 20.4 Å². The molecule has 3 heterocycles. The van der Waals surface area contributed by atoms with Crippen LogP contribution in [0, 0.1) is 6.92 Å². The SMILES string of the molecule is Cc1cc(-c2cnc(N(C)C)nc2-c2ccc(CNC(=O)CC3CCCO3)cc2)on1. The second-order valence-electron chi connectivity index (χ2n) is 7.97. The minimum absolute atomic E-state index is 0.0189. The summed E-state index contributed by atoms with van der Waals surface area (Å²) in [6, 6.07) is 9.85. The number of nitrogens with zero attached hydrogens (tertiary/aromatic N) is 4. The molecular weight excluding hydrogens is 394 g/mol. The Hall–Kier alpha value is -3.26. The van der Waals surface area contributed by atoms with Gasteiger partial charge in [0.2, 0.25) is 11.9 Å². The van der Waals surface area contributed by atoms with E-state index in [9.17, 15) is 4.79 Å². The van der Waals surface area contributed by atoms with E-state index in [0.717, 1.165) is 47.5 Å². The van der Waals surface area contributed by atoms with Gasteiger partial charge in [-0.05, 0) is 25.3 Å². The molecule has 1 aromatic carbocycles. The lowest BCUT2D eigenvalue weighted by Crippen LogP contribution is -2.26. The molecule has 0 bridgehead atoms. The van der Waals surface area contributed by atoms with Crippen molar-refractivity contribution in [3.8, 4) is 22.6 Å². The van der Waals surface area contributed by atoms with E-state index in [-0.39, 0.29) is 12.0 Å². The van der Waals surface area contributed by atoms with Crippen LogP contribution < -0.4 is 10.2 Å². The third-order valence-corrected chi connectivity index (χ3v) is 5.22. The summed E-state index contributed by atoms with van der Waals surface area (Å²) in [5.41, 5.74) is 4.30. The third kappa shape index (κ3) is 5.08. The van der Waals surface area contributed by atoms with Crippen molar-refractivity contribution < 1.29 is 14.1 Å². The fraction of sp³-hybridized carbons (Fsp3) is 0.391. The number of benzene rings is 1. The minimum Gasteiger partial charge on any atom is -0.378 e. The Morgan fingerprint density at radius 1 is 1.26 bits per heavy atom. The van der Waals surface area contributed by atoms with Gasteiger partial charge in [0.15, 0.2) is 5.76 Å². The first kappa shape index (κ1) is 21.0. The summed E-state index contributed by atoms with van der Waals surface area (Å²) >= 11 is 0. The normalized spacial score (nSPS) is 15.8. The van der Waals surface area contributed by atoms with E-state index in [1.165, 1.54) is 0 Å². The van der Waals surface area contributed by atoms with Crippen LogP contribution in [0.2, 0.25) is 0 Å². The lowest BCUT2D eigenvalue weighted by Gasteiger charge is -2.14. The molecule has 8 nitrogen and oxygen atoms in total. The molecule has 1 saturated heterocycles. The smallest absolute Gasteiger partial charge is 0.225 e. The molecule has 3 aromatic rings. The molecule has 1 atom stereocenters. The molecule has 1 amide bonds. The van der Waals surface area contributed by atoms with Gasteiger partial charge in [0.1, 0.15) is 0 Å². The maximum Gasteiger partial charge on any atom is 0.225 e. The van der Waals surface area contributed by atoms with E-state index in [2.05, 4.69) is 15.5 Å². The van der Waals surface area contributed by atoms with Crippen molar-refractivity contribution >= 4 is 11.9 Å². The Kier molecular flexibility index (Phi) is 6.27. The van der Waals surface area contributed by atoms with E-state index in [0.29, 0.717) is 24.7 Å². The minimum atomic E-state index is 0.0189. The first-order valence-electron chi connectivity index (χ1n) is 10.5. The van der Waals surface area contributed by atoms with Crippen molar-refractivity contribution in [2.75, 3.05) is 25.6 Å². The van der Waals surface area contributed by atoms with Gasteiger partial charge in [-0.25, -0.2) is 9.97 Å². The molecule has 1 aliphatic rings. The van der Waals surface area contributed by atoms with Crippen LogP contribution in [0.5, 0.6) is 0 Å². The van der Waals surface area contributed by atoms with Crippen molar-refractivity contribution in [3.63, 3.8) is 0 Å². The number of hydrogen-bond donors (Lipinski definition) is 1. The molecule has 162 valence electrons. The summed E-state index contributed by atoms with van der Waals surface area (Å²) in [5, 5.41) is 6.96.